The Hall–Kier alpha value is -1.15. The van der Waals surface area contributed by atoms with Crippen LogP contribution >= 0.6 is 0 Å². The predicted octanol–water partition coefficient (Wildman–Crippen LogP) is -5.11. The fourth-order valence-electron chi connectivity index (χ4n) is 2.70. The highest BCUT2D eigenvalue weighted by molar-refractivity contribution is 5.50. The van der Waals surface area contributed by atoms with E-state index < -0.39 is 73.8 Å². The molecule has 2 aliphatic heterocycles. The van der Waals surface area contributed by atoms with Gasteiger partial charge in [-0.05, 0) is 0 Å². The maximum atomic E-state index is 10.5. The Labute approximate surface area is 140 Å². The molecule has 12 heteroatoms. The molecule has 12 nitrogen and oxygen atoms in total. The van der Waals surface area contributed by atoms with Crippen LogP contribution in [-0.2, 0) is 19.0 Å². The summed E-state index contributed by atoms with van der Waals surface area (Å²) in [5.74, 6) is -2.40. The van der Waals surface area contributed by atoms with Gasteiger partial charge < -0.3 is 55.1 Å². The number of rotatable bonds is 5. The predicted molar refractivity (Wildman–Crippen MR) is 73.4 cm³/mol. The molecule has 25 heavy (non-hydrogen) atoms. The fourth-order valence-corrected chi connectivity index (χ4v) is 2.70. The van der Waals surface area contributed by atoms with Gasteiger partial charge in [0, 0.05) is 0 Å². The topological polar surface area (TPSA) is 207 Å². The zero-order chi connectivity index (χ0) is 18.9. The SMILES string of the molecule is O=C=C(O)C1O[C@H](O[C@]2(CO)O[C@H](CO)C(O)C2O)C(O)C(O)[C@H]1O. The molecular weight excluding hydrogens is 348 g/mol. The third-order valence-electron chi connectivity index (χ3n) is 4.17. The summed E-state index contributed by atoms with van der Waals surface area (Å²) in [7, 11) is 0. The van der Waals surface area contributed by atoms with Crippen LogP contribution in [0.3, 0.4) is 0 Å². The van der Waals surface area contributed by atoms with Gasteiger partial charge in [0.15, 0.2) is 18.3 Å². The second kappa shape index (κ2) is 7.61. The van der Waals surface area contributed by atoms with Crippen molar-refractivity contribution in [2.24, 2.45) is 0 Å². The van der Waals surface area contributed by atoms with Gasteiger partial charge in [-0.3, -0.25) is 0 Å². The van der Waals surface area contributed by atoms with E-state index in [0.29, 0.717) is 0 Å². The lowest BCUT2D eigenvalue weighted by atomic mass is 9.97. The van der Waals surface area contributed by atoms with Gasteiger partial charge >= 0.3 is 0 Å². The van der Waals surface area contributed by atoms with E-state index in [9.17, 15) is 40.5 Å². The van der Waals surface area contributed by atoms with Crippen LogP contribution in [-0.4, -0.2) is 115 Å². The van der Waals surface area contributed by atoms with Crippen LogP contribution in [0.2, 0.25) is 0 Å². The Morgan fingerprint density at radius 3 is 2.16 bits per heavy atom. The maximum Gasteiger partial charge on any atom is 0.224 e. The molecule has 0 bridgehead atoms. The maximum absolute atomic E-state index is 10.5. The van der Waals surface area contributed by atoms with Crippen molar-refractivity contribution in [1.29, 1.82) is 0 Å². The molecular formula is C13H20O12. The van der Waals surface area contributed by atoms with Crippen LogP contribution in [0.1, 0.15) is 0 Å². The summed E-state index contributed by atoms with van der Waals surface area (Å²) >= 11 is 0. The van der Waals surface area contributed by atoms with Gasteiger partial charge in [-0.1, -0.05) is 0 Å². The van der Waals surface area contributed by atoms with Crippen molar-refractivity contribution in [3.05, 3.63) is 5.76 Å². The molecule has 0 spiro atoms. The summed E-state index contributed by atoms with van der Waals surface area (Å²) in [5.41, 5.74) is 0. The zero-order valence-electron chi connectivity index (χ0n) is 12.7. The average molecular weight is 368 g/mol. The number of hydrogen-bond donors (Lipinski definition) is 8. The smallest absolute Gasteiger partial charge is 0.224 e. The molecule has 0 radical (unpaired) electrons. The van der Waals surface area contributed by atoms with Crippen molar-refractivity contribution in [3.63, 3.8) is 0 Å². The molecule has 0 saturated carbocycles. The van der Waals surface area contributed by atoms with Crippen molar-refractivity contribution in [3.8, 4) is 0 Å². The number of aliphatic hydroxyl groups excluding tert-OH is 8. The van der Waals surface area contributed by atoms with Gasteiger partial charge in [-0.15, -0.1) is 0 Å². The molecule has 2 saturated heterocycles. The van der Waals surface area contributed by atoms with E-state index in [2.05, 4.69) is 0 Å². The minimum absolute atomic E-state index is 0.726. The lowest BCUT2D eigenvalue weighted by Crippen LogP contribution is -2.62. The molecule has 2 heterocycles. The summed E-state index contributed by atoms with van der Waals surface area (Å²) in [6.45, 7) is -1.77. The standard InChI is InChI=1S/C13H20O12/c14-1-4(17)10-8(20)7(19)9(21)12(23-10)25-13(3-16)11(22)6(18)5(2-15)24-13/h5-12,15-22H,2-3H2/t5-,6?,7?,8-,9?,10?,11?,12-,13+/m1/s1. The van der Waals surface area contributed by atoms with E-state index in [4.69, 9.17) is 19.3 Å². The molecule has 0 amide bonds. The van der Waals surface area contributed by atoms with Crippen LogP contribution in [0.5, 0.6) is 0 Å². The van der Waals surface area contributed by atoms with Gasteiger partial charge in [0.05, 0.1) is 6.61 Å². The summed E-state index contributed by atoms with van der Waals surface area (Å²) in [4.78, 5) is 10.5. The van der Waals surface area contributed by atoms with Gasteiger partial charge in [0.2, 0.25) is 11.5 Å². The molecule has 0 aromatic rings. The first kappa shape index (κ1) is 20.2. The number of carbonyl (C=O) groups excluding carboxylic acids is 1. The average Bonchev–Trinajstić information content (AvgIpc) is 2.86. The van der Waals surface area contributed by atoms with E-state index in [1.807, 2.05) is 0 Å². The van der Waals surface area contributed by atoms with Crippen LogP contribution in [0.15, 0.2) is 5.76 Å². The van der Waals surface area contributed by atoms with Gasteiger partial charge in [0.1, 0.15) is 43.2 Å². The Kier molecular flexibility index (Phi) is 6.14. The molecule has 0 aliphatic carbocycles. The van der Waals surface area contributed by atoms with Crippen LogP contribution in [0, 0.1) is 0 Å². The van der Waals surface area contributed by atoms with Gasteiger partial charge in [0.25, 0.3) is 0 Å². The Morgan fingerprint density at radius 1 is 1.04 bits per heavy atom. The molecule has 0 aromatic heterocycles. The largest absolute Gasteiger partial charge is 0.500 e. The van der Waals surface area contributed by atoms with Crippen molar-refractivity contribution in [2.45, 2.75) is 54.8 Å². The zero-order valence-corrected chi connectivity index (χ0v) is 12.7. The second-order valence-electron chi connectivity index (χ2n) is 5.75. The molecule has 5 unspecified atom stereocenters. The number of ether oxygens (including phenoxy) is 3. The minimum atomic E-state index is -2.34. The molecule has 8 N–H and O–H groups in total. The van der Waals surface area contributed by atoms with Gasteiger partial charge in [-0.25, -0.2) is 4.79 Å². The Balaban J connectivity index is 2.25. The van der Waals surface area contributed by atoms with E-state index in [1.165, 1.54) is 0 Å². The third-order valence-corrected chi connectivity index (χ3v) is 4.17. The first-order chi connectivity index (χ1) is 11.7. The third kappa shape index (κ3) is 3.43. The molecule has 0 aromatic carbocycles. The van der Waals surface area contributed by atoms with Crippen molar-refractivity contribution in [2.75, 3.05) is 13.2 Å². The van der Waals surface area contributed by atoms with E-state index in [1.54, 1.807) is 0 Å². The van der Waals surface area contributed by atoms with Crippen molar-refractivity contribution in [1.82, 2.24) is 0 Å². The monoisotopic (exact) mass is 368 g/mol. The summed E-state index contributed by atoms with van der Waals surface area (Å²) in [6.07, 6.45) is -14.3. The highest BCUT2D eigenvalue weighted by atomic mass is 16.8. The highest BCUT2D eigenvalue weighted by Gasteiger charge is 2.58. The number of hydrogen-bond acceptors (Lipinski definition) is 12. The molecule has 9 atom stereocenters. The van der Waals surface area contributed by atoms with Crippen molar-refractivity contribution < 1.29 is 59.9 Å². The minimum Gasteiger partial charge on any atom is -0.500 e. The second-order valence-corrected chi connectivity index (χ2v) is 5.75. The molecule has 144 valence electrons. The lowest BCUT2D eigenvalue weighted by molar-refractivity contribution is -0.380. The molecule has 2 fully saturated rings. The molecule has 2 rings (SSSR count). The van der Waals surface area contributed by atoms with Crippen LogP contribution < -0.4 is 0 Å². The first-order valence-corrected chi connectivity index (χ1v) is 7.29. The quantitative estimate of drug-likeness (QED) is 0.169. The van der Waals surface area contributed by atoms with Crippen LogP contribution in [0.4, 0.5) is 0 Å². The first-order valence-electron chi connectivity index (χ1n) is 7.29. The van der Waals surface area contributed by atoms with E-state index in [0.717, 1.165) is 5.94 Å². The summed E-state index contributed by atoms with van der Waals surface area (Å²) in [5, 5.41) is 77.3. The lowest BCUT2D eigenvalue weighted by Gasteiger charge is -2.42. The van der Waals surface area contributed by atoms with E-state index >= 15 is 0 Å². The van der Waals surface area contributed by atoms with Crippen LogP contribution in [0.25, 0.3) is 0 Å². The summed E-state index contributed by atoms with van der Waals surface area (Å²) in [6, 6.07) is 0. The normalized spacial score (nSPS) is 47.5. The van der Waals surface area contributed by atoms with Crippen molar-refractivity contribution >= 4 is 5.94 Å². The fraction of sp³-hybridized carbons (Fsp3) is 0.846. The summed E-state index contributed by atoms with van der Waals surface area (Å²) < 4.78 is 15.3. The Bertz CT molecular complexity index is 521. The highest BCUT2D eigenvalue weighted by Crippen LogP contribution is 2.36. The van der Waals surface area contributed by atoms with Gasteiger partial charge in [-0.2, -0.15) is 0 Å². The number of aliphatic hydroxyl groups is 8. The Morgan fingerprint density at radius 2 is 1.68 bits per heavy atom. The molecule has 2 aliphatic rings. The van der Waals surface area contributed by atoms with E-state index in [-0.39, 0.29) is 0 Å².